The number of nitrogens with zero attached hydrogens (tertiary/aromatic N) is 1. The number of furan rings is 1. The van der Waals surface area contributed by atoms with E-state index in [1.807, 2.05) is 36.4 Å². The van der Waals surface area contributed by atoms with Gasteiger partial charge in [0, 0.05) is 21.5 Å². The molecule has 0 fully saturated rings. The molecule has 0 saturated carbocycles. The molecular weight excluding hydrogens is 440 g/mol. The van der Waals surface area contributed by atoms with E-state index in [0.29, 0.717) is 33.0 Å². The summed E-state index contributed by atoms with van der Waals surface area (Å²) in [6.45, 7) is 1.69. The van der Waals surface area contributed by atoms with Crippen molar-refractivity contribution in [3.63, 3.8) is 0 Å². The average Bonchev–Trinajstić information content (AvgIpc) is 3.40. The maximum atomic E-state index is 13.4. The first kappa shape index (κ1) is 20.7. The van der Waals surface area contributed by atoms with Crippen LogP contribution in [0.4, 0.5) is 5.69 Å². The number of aromatic nitrogens is 1. The quantitative estimate of drug-likeness (QED) is 0.304. The smallest absolute Gasteiger partial charge is 0.261 e. The Hall–Kier alpha value is -4.16. The summed E-state index contributed by atoms with van der Waals surface area (Å²) >= 11 is 5.96. The summed E-state index contributed by atoms with van der Waals surface area (Å²) < 4.78 is 11.3. The van der Waals surface area contributed by atoms with Gasteiger partial charge in [-0.25, -0.2) is 0 Å². The monoisotopic (exact) mass is 456 g/mol. The number of nitrogens with one attached hydrogen (secondary N) is 1. The van der Waals surface area contributed by atoms with Crippen molar-refractivity contribution in [2.75, 3.05) is 5.32 Å². The minimum atomic E-state index is -0.454. The van der Waals surface area contributed by atoms with E-state index in [2.05, 4.69) is 10.5 Å². The van der Waals surface area contributed by atoms with Crippen molar-refractivity contribution in [3.8, 4) is 11.3 Å². The number of anilines is 1. The second kappa shape index (κ2) is 8.41. The Morgan fingerprint density at radius 3 is 2.36 bits per heavy atom. The Labute approximate surface area is 193 Å². The van der Waals surface area contributed by atoms with Crippen LogP contribution in [-0.4, -0.2) is 16.8 Å². The molecule has 3 aromatic carbocycles. The summed E-state index contributed by atoms with van der Waals surface area (Å²) in [6.07, 6.45) is 0. The molecule has 33 heavy (non-hydrogen) atoms. The molecule has 0 spiro atoms. The molecule has 2 aromatic heterocycles. The molecule has 162 valence electrons. The molecule has 6 nitrogen and oxygen atoms in total. The second-order valence-electron chi connectivity index (χ2n) is 7.43. The first-order chi connectivity index (χ1) is 16.0. The highest BCUT2D eigenvalue weighted by molar-refractivity contribution is 6.30. The number of carbonyl (C=O) groups excluding carboxylic acids is 2. The van der Waals surface area contributed by atoms with E-state index in [4.69, 9.17) is 20.5 Å². The molecule has 0 bridgehead atoms. The first-order valence-electron chi connectivity index (χ1n) is 10.2. The zero-order valence-electron chi connectivity index (χ0n) is 17.5. The van der Waals surface area contributed by atoms with Crippen LogP contribution in [0.1, 0.15) is 32.2 Å². The second-order valence-corrected chi connectivity index (χ2v) is 7.87. The summed E-state index contributed by atoms with van der Waals surface area (Å²) in [4.78, 5) is 26.7. The van der Waals surface area contributed by atoms with Gasteiger partial charge in [-0.05, 0) is 43.3 Å². The number of benzene rings is 3. The zero-order chi connectivity index (χ0) is 22.9. The van der Waals surface area contributed by atoms with Gasteiger partial charge >= 0.3 is 0 Å². The summed E-state index contributed by atoms with van der Waals surface area (Å²) in [7, 11) is 0. The van der Waals surface area contributed by atoms with Crippen molar-refractivity contribution in [2.45, 2.75) is 6.92 Å². The topological polar surface area (TPSA) is 85.3 Å². The molecule has 5 rings (SSSR count). The van der Waals surface area contributed by atoms with Crippen molar-refractivity contribution >= 4 is 39.9 Å². The van der Waals surface area contributed by atoms with Gasteiger partial charge in [0.25, 0.3) is 5.91 Å². The van der Waals surface area contributed by atoms with Crippen LogP contribution in [0.15, 0.2) is 87.8 Å². The highest BCUT2D eigenvalue weighted by atomic mass is 35.5. The fourth-order valence-corrected chi connectivity index (χ4v) is 3.79. The summed E-state index contributed by atoms with van der Waals surface area (Å²) in [5.41, 5.74) is 2.60. The van der Waals surface area contributed by atoms with E-state index in [-0.39, 0.29) is 22.8 Å². The van der Waals surface area contributed by atoms with Crippen LogP contribution >= 0.6 is 11.6 Å². The van der Waals surface area contributed by atoms with Gasteiger partial charge in [0.1, 0.15) is 11.1 Å². The van der Waals surface area contributed by atoms with Crippen LogP contribution in [0.25, 0.3) is 22.3 Å². The Morgan fingerprint density at radius 2 is 1.61 bits per heavy atom. The normalized spacial score (nSPS) is 11.0. The van der Waals surface area contributed by atoms with Crippen LogP contribution in [0, 0.1) is 6.92 Å². The zero-order valence-corrected chi connectivity index (χ0v) is 18.2. The van der Waals surface area contributed by atoms with Crippen molar-refractivity contribution in [2.24, 2.45) is 0 Å². The average molecular weight is 457 g/mol. The predicted octanol–water partition coefficient (Wildman–Crippen LogP) is 6.53. The maximum absolute atomic E-state index is 13.4. The third kappa shape index (κ3) is 3.81. The van der Waals surface area contributed by atoms with Crippen LogP contribution in [0.3, 0.4) is 0 Å². The number of amides is 1. The lowest BCUT2D eigenvalue weighted by Crippen LogP contribution is -2.15. The molecule has 0 unspecified atom stereocenters. The first-order valence-corrected chi connectivity index (χ1v) is 10.6. The van der Waals surface area contributed by atoms with Crippen LogP contribution in [0.5, 0.6) is 0 Å². The fraction of sp³-hybridized carbons (Fsp3) is 0.0385. The number of fused-ring (bicyclic) bond motifs is 1. The number of ketones is 1. The van der Waals surface area contributed by atoms with Crippen molar-refractivity contribution in [1.82, 2.24) is 5.16 Å². The summed E-state index contributed by atoms with van der Waals surface area (Å²) in [5.74, 6) is -0.445. The molecule has 2 heterocycles. The lowest BCUT2D eigenvalue weighted by molar-refractivity contribution is 0.101. The molecule has 0 radical (unpaired) electrons. The maximum Gasteiger partial charge on any atom is 0.261 e. The minimum absolute atomic E-state index is 0.0299. The number of carbonyl (C=O) groups is 2. The van der Waals surface area contributed by atoms with Crippen molar-refractivity contribution in [3.05, 3.63) is 106 Å². The predicted molar refractivity (Wildman–Crippen MR) is 126 cm³/mol. The Morgan fingerprint density at radius 1 is 0.909 bits per heavy atom. The van der Waals surface area contributed by atoms with Gasteiger partial charge in [0.05, 0.1) is 11.4 Å². The fourth-order valence-electron chi connectivity index (χ4n) is 3.66. The van der Waals surface area contributed by atoms with Gasteiger partial charge in [0.15, 0.2) is 11.5 Å². The summed E-state index contributed by atoms with van der Waals surface area (Å²) in [5, 5.41) is 7.97. The van der Waals surface area contributed by atoms with Crippen molar-refractivity contribution < 1.29 is 18.5 Å². The molecule has 0 aliphatic rings. The Bertz CT molecular complexity index is 1480. The standard InChI is InChI=1S/C26H17ClN2O4/c1-15-21(24(33-29-15)17-7-3-2-4-8-17)26(31)28-22-19-9-5-6-10-20(19)32-25(22)23(30)16-11-13-18(27)14-12-16/h2-14H,1H3,(H,28,31). The van der Waals surface area contributed by atoms with E-state index < -0.39 is 5.91 Å². The Kier molecular flexibility index (Phi) is 5.28. The third-order valence-corrected chi connectivity index (χ3v) is 5.52. The van der Waals surface area contributed by atoms with Crippen molar-refractivity contribution in [1.29, 1.82) is 0 Å². The highest BCUT2D eigenvalue weighted by Crippen LogP contribution is 2.34. The van der Waals surface area contributed by atoms with E-state index in [9.17, 15) is 9.59 Å². The lowest BCUT2D eigenvalue weighted by Gasteiger charge is -2.07. The lowest BCUT2D eigenvalue weighted by atomic mass is 10.0. The molecule has 1 amide bonds. The minimum Gasteiger partial charge on any atom is -0.450 e. The highest BCUT2D eigenvalue weighted by Gasteiger charge is 2.27. The SMILES string of the molecule is Cc1noc(-c2ccccc2)c1C(=O)Nc1c(C(=O)c2ccc(Cl)cc2)oc2ccccc12. The van der Waals surface area contributed by atoms with E-state index in [1.165, 1.54) is 0 Å². The molecule has 0 atom stereocenters. The number of hydrogen-bond acceptors (Lipinski definition) is 5. The molecule has 0 aliphatic heterocycles. The third-order valence-electron chi connectivity index (χ3n) is 5.27. The largest absolute Gasteiger partial charge is 0.450 e. The molecular formula is C26H17ClN2O4. The van der Waals surface area contributed by atoms with Gasteiger partial charge in [0.2, 0.25) is 5.78 Å². The van der Waals surface area contributed by atoms with E-state index in [1.54, 1.807) is 49.4 Å². The number of halogens is 1. The van der Waals surface area contributed by atoms with Gasteiger partial charge in [-0.3, -0.25) is 9.59 Å². The molecule has 7 heteroatoms. The van der Waals surface area contributed by atoms with Crippen LogP contribution in [-0.2, 0) is 0 Å². The van der Waals surface area contributed by atoms with E-state index in [0.717, 1.165) is 5.56 Å². The number of hydrogen-bond donors (Lipinski definition) is 1. The van der Waals surface area contributed by atoms with Gasteiger partial charge in [-0.15, -0.1) is 0 Å². The number of aryl methyl sites for hydroxylation is 1. The molecule has 5 aromatic rings. The van der Waals surface area contributed by atoms with Gasteiger partial charge in [-0.1, -0.05) is 59.2 Å². The van der Waals surface area contributed by atoms with E-state index >= 15 is 0 Å². The molecule has 1 N–H and O–H groups in total. The van der Waals surface area contributed by atoms with Gasteiger partial charge < -0.3 is 14.3 Å². The van der Waals surface area contributed by atoms with Crippen LogP contribution < -0.4 is 5.32 Å². The Balaban J connectivity index is 1.58. The molecule has 0 aliphatic carbocycles. The molecule has 0 saturated heterocycles. The van der Waals surface area contributed by atoms with Gasteiger partial charge in [-0.2, -0.15) is 0 Å². The number of rotatable bonds is 5. The van der Waals surface area contributed by atoms with Crippen LogP contribution in [0.2, 0.25) is 5.02 Å². The number of para-hydroxylation sites is 1. The summed E-state index contributed by atoms with van der Waals surface area (Å²) in [6, 6.07) is 22.8.